The number of hydrogen-bond donors (Lipinski definition) is 2. The maximum Gasteiger partial charge on any atom is 0.227 e. The van der Waals surface area contributed by atoms with Gasteiger partial charge in [-0.3, -0.25) is 4.79 Å². The summed E-state index contributed by atoms with van der Waals surface area (Å²) in [6, 6.07) is 0. The van der Waals surface area contributed by atoms with Gasteiger partial charge in [-0.15, -0.1) is 0 Å². The van der Waals surface area contributed by atoms with Crippen LogP contribution < -0.4 is 11.1 Å². The molecule has 106 valence electrons. The first-order valence-electron chi connectivity index (χ1n) is 7.54. The first kappa shape index (κ1) is 15.5. The third kappa shape index (κ3) is 3.47. The van der Waals surface area contributed by atoms with Gasteiger partial charge in [-0.25, -0.2) is 0 Å². The van der Waals surface area contributed by atoms with Crippen LogP contribution in [0.25, 0.3) is 0 Å². The highest BCUT2D eigenvalue weighted by atomic mass is 16.2. The van der Waals surface area contributed by atoms with Gasteiger partial charge in [-0.1, -0.05) is 39.5 Å². The minimum absolute atomic E-state index is 0.0129. The SMILES string of the molecule is CCCC(CN)(CCC)C(=O)NC1(C)CCCC1. The van der Waals surface area contributed by atoms with Crippen molar-refractivity contribution in [3.05, 3.63) is 0 Å². The van der Waals surface area contributed by atoms with Gasteiger partial charge in [-0.2, -0.15) is 0 Å². The maximum atomic E-state index is 12.6. The summed E-state index contributed by atoms with van der Waals surface area (Å²) in [6.45, 7) is 6.91. The molecule has 0 bridgehead atoms. The van der Waals surface area contributed by atoms with Crippen molar-refractivity contribution < 1.29 is 4.79 Å². The number of carbonyl (C=O) groups excluding carboxylic acids is 1. The summed E-state index contributed by atoms with van der Waals surface area (Å²) in [5.74, 6) is 0.193. The molecule has 3 heteroatoms. The van der Waals surface area contributed by atoms with Crippen LogP contribution in [0.5, 0.6) is 0 Å². The van der Waals surface area contributed by atoms with Crippen molar-refractivity contribution in [2.75, 3.05) is 6.54 Å². The van der Waals surface area contributed by atoms with Gasteiger partial charge in [0, 0.05) is 12.1 Å². The fraction of sp³-hybridized carbons (Fsp3) is 0.933. The van der Waals surface area contributed by atoms with E-state index in [0.717, 1.165) is 38.5 Å². The van der Waals surface area contributed by atoms with Gasteiger partial charge in [0.25, 0.3) is 0 Å². The Hall–Kier alpha value is -0.570. The van der Waals surface area contributed by atoms with Crippen LogP contribution in [0.3, 0.4) is 0 Å². The van der Waals surface area contributed by atoms with E-state index in [-0.39, 0.29) is 16.9 Å². The van der Waals surface area contributed by atoms with Gasteiger partial charge >= 0.3 is 0 Å². The molecule has 0 heterocycles. The molecule has 0 atom stereocenters. The number of nitrogens with one attached hydrogen (secondary N) is 1. The molecule has 0 spiro atoms. The van der Waals surface area contributed by atoms with Crippen LogP contribution in [0.4, 0.5) is 0 Å². The average molecular weight is 254 g/mol. The minimum Gasteiger partial charge on any atom is -0.350 e. The Morgan fingerprint density at radius 1 is 1.22 bits per heavy atom. The van der Waals surface area contributed by atoms with Crippen molar-refractivity contribution in [2.45, 2.75) is 77.7 Å². The lowest BCUT2D eigenvalue weighted by atomic mass is 9.77. The molecular formula is C15H30N2O. The standard InChI is InChI=1S/C15H30N2O/c1-4-8-15(12-16,9-5-2)13(18)17-14(3)10-6-7-11-14/h4-12,16H2,1-3H3,(H,17,18). The molecule has 0 aromatic carbocycles. The van der Waals surface area contributed by atoms with Gasteiger partial charge < -0.3 is 11.1 Å². The lowest BCUT2D eigenvalue weighted by Crippen LogP contribution is -2.53. The van der Waals surface area contributed by atoms with Crippen LogP contribution in [0.15, 0.2) is 0 Å². The van der Waals surface area contributed by atoms with Crippen molar-refractivity contribution in [1.29, 1.82) is 0 Å². The van der Waals surface area contributed by atoms with E-state index in [0.29, 0.717) is 6.54 Å². The Morgan fingerprint density at radius 2 is 1.72 bits per heavy atom. The second-order valence-corrected chi connectivity index (χ2v) is 6.21. The van der Waals surface area contributed by atoms with E-state index < -0.39 is 0 Å². The molecule has 0 aromatic heterocycles. The lowest BCUT2D eigenvalue weighted by Gasteiger charge is -2.35. The number of carbonyl (C=O) groups is 1. The molecule has 0 aromatic rings. The highest BCUT2D eigenvalue weighted by molar-refractivity contribution is 5.83. The monoisotopic (exact) mass is 254 g/mol. The van der Waals surface area contributed by atoms with Crippen LogP contribution >= 0.6 is 0 Å². The fourth-order valence-corrected chi connectivity index (χ4v) is 3.29. The van der Waals surface area contributed by atoms with E-state index >= 15 is 0 Å². The van der Waals surface area contributed by atoms with Gasteiger partial charge in [0.1, 0.15) is 0 Å². The summed E-state index contributed by atoms with van der Waals surface area (Å²) in [6.07, 6.45) is 8.51. The van der Waals surface area contributed by atoms with Gasteiger partial charge in [0.2, 0.25) is 5.91 Å². The second kappa shape index (κ2) is 6.55. The van der Waals surface area contributed by atoms with Crippen LogP contribution in [-0.4, -0.2) is 18.0 Å². The number of amides is 1. The van der Waals surface area contributed by atoms with Crippen molar-refractivity contribution in [3.63, 3.8) is 0 Å². The predicted molar refractivity (Wildman–Crippen MR) is 76.3 cm³/mol. The average Bonchev–Trinajstić information content (AvgIpc) is 2.75. The van der Waals surface area contributed by atoms with Crippen LogP contribution in [0, 0.1) is 5.41 Å². The molecule has 1 amide bonds. The van der Waals surface area contributed by atoms with E-state index in [1.54, 1.807) is 0 Å². The molecular weight excluding hydrogens is 224 g/mol. The van der Waals surface area contributed by atoms with Crippen LogP contribution in [-0.2, 0) is 4.79 Å². The molecule has 0 aliphatic heterocycles. The molecule has 1 aliphatic rings. The number of hydrogen-bond acceptors (Lipinski definition) is 2. The molecule has 1 aliphatic carbocycles. The fourth-order valence-electron chi connectivity index (χ4n) is 3.29. The van der Waals surface area contributed by atoms with Gasteiger partial charge in [-0.05, 0) is 32.6 Å². The van der Waals surface area contributed by atoms with E-state index in [2.05, 4.69) is 26.1 Å². The summed E-state index contributed by atoms with van der Waals surface area (Å²) in [5, 5.41) is 3.30. The largest absolute Gasteiger partial charge is 0.350 e. The molecule has 3 nitrogen and oxygen atoms in total. The van der Waals surface area contributed by atoms with Crippen molar-refractivity contribution >= 4 is 5.91 Å². The molecule has 0 radical (unpaired) electrons. The highest BCUT2D eigenvalue weighted by Gasteiger charge is 2.39. The van der Waals surface area contributed by atoms with Crippen molar-refractivity contribution in [1.82, 2.24) is 5.32 Å². The molecule has 1 saturated carbocycles. The van der Waals surface area contributed by atoms with Crippen LogP contribution in [0.2, 0.25) is 0 Å². The minimum atomic E-state index is -0.338. The molecule has 0 unspecified atom stereocenters. The first-order chi connectivity index (χ1) is 8.52. The van der Waals surface area contributed by atoms with Gasteiger partial charge in [0.05, 0.1) is 5.41 Å². The first-order valence-corrected chi connectivity index (χ1v) is 7.54. The van der Waals surface area contributed by atoms with Gasteiger partial charge in [0.15, 0.2) is 0 Å². The normalized spacial score (nSPS) is 18.9. The van der Waals surface area contributed by atoms with E-state index in [9.17, 15) is 4.79 Å². The zero-order chi connectivity index (χ0) is 13.6. The predicted octanol–water partition coefficient (Wildman–Crippen LogP) is 2.98. The third-order valence-corrected chi connectivity index (χ3v) is 4.45. The molecule has 0 saturated heterocycles. The quantitative estimate of drug-likeness (QED) is 0.734. The number of rotatable bonds is 7. The summed E-state index contributed by atoms with van der Waals surface area (Å²) >= 11 is 0. The highest BCUT2D eigenvalue weighted by Crippen LogP contribution is 2.33. The van der Waals surface area contributed by atoms with Crippen molar-refractivity contribution in [2.24, 2.45) is 11.1 Å². The topological polar surface area (TPSA) is 55.1 Å². The third-order valence-electron chi connectivity index (χ3n) is 4.45. The molecule has 1 fully saturated rings. The zero-order valence-electron chi connectivity index (χ0n) is 12.3. The Balaban J connectivity index is 2.74. The Labute approximate surface area is 112 Å². The molecule has 3 N–H and O–H groups in total. The Kier molecular flexibility index (Phi) is 5.64. The van der Waals surface area contributed by atoms with E-state index in [4.69, 9.17) is 5.73 Å². The summed E-state index contributed by atoms with van der Waals surface area (Å²) in [4.78, 5) is 12.6. The summed E-state index contributed by atoms with van der Waals surface area (Å²) in [7, 11) is 0. The van der Waals surface area contributed by atoms with E-state index in [1.807, 2.05) is 0 Å². The van der Waals surface area contributed by atoms with E-state index in [1.165, 1.54) is 12.8 Å². The Morgan fingerprint density at radius 3 is 2.11 bits per heavy atom. The number of nitrogens with two attached hydrogens (primary N) is 1. The molecule has 1 rings (SSSR count). The maximum absolute atomic E-state index is 12.6. The lowest BCUT2D eigenvalue weighted by molar-refractivity contribution is -0.133. The Bertz CT molecular complexity index is 264. The smallest absolute Gasteiger partial charge is 0.227 e. The summed E-state index contributed by atoms with van der Waals surface area (Å²) in [5.41, 5.74) is 5.61. The summed E-state index contributed by atoms with van der Waals surface area (Å²) < 4.78 is 0. The molecule has 18 heavy (non-hydrogen) atoms. The van der Waals surface area contributed by atoms with Crippen LogP contribution in [0.1, 0.15) is 72.1 Å². The van der Waals surface area contributed by atoms with Crippen molar-refractivity contribution in [3.8, 4) is 0 Å². The zero-order valence-corrected chi connectivity index (χ0v) is 12.3. The second-order valence-electron chi connectivity index (χ2n) is 6.21.